The predicted molar refractivity (Wildman–Crippen MR) is 50.1 cm³/mol. The molecular formula is C9H22N2. The van der Waals surface area contributed by atoms with Gasteiger partial charge in [-0.3, -0.25) is 11.3 Å². The Balaban J connectivity index is 3.56. The van der Waals surface area contributed by atoms with Crippen LogP contribution in [0.5, 0.6) is 0 Å². The van der Waals surface area contributed by atoms with Gasteiger partial charge in [-0.25, -0.2) is 0 Å². The van der Waals surface area contributed by atoms with Gasteiger partial charge in [-0.15, -0.1) is 0 Å². The van der Waals surface area contributed by atoms with Crippen molar-refractivity contribution in [2.75, 3.05) is 0 Å². The van der Waals surface area contributed by atoms with Crippen LogP contribution in [-0.4, -0.2) is 6.04 Å². The quantitative estimate of drug-likeness (QED) is 0.458. The van der Waals surface area contributed by atoms with Crippen LogP contribution in [0, 0.1) is 5.92 Å². The summed E-state index contributed by atoms with van der Waals surface area (Å²) in [5.41, 5.74) is 2.82. The number of nitrogens with two attached hydrogens (primary N) is 1. The molecule has 2 atom stereocenters. The molecule has 68 valence electrons. The zero-order valence-corrected chi connectivity index (χ0v) is 8.06. The molecule has 0 fully saturated rings. The lowest BCUT2D eigenvalue weighted by Gasteiger charge is -2.21. The topological polar surface area (TPSA) is 38.0 Å². The minimum Gasteiger partial charge on any atom is -0.271 e. The van der Waals surface area contributed by atoms with Gasteiger partial charge in [0.1, 0.15) is 0 Å². The van der Waals surface area contributed by atoms with Crippen LogP contribution in [0.3, 0.4) is 0 Å². The van der Waals surface area contributed by atoms with E-state index in [1.165, 1.54) is 25.7 Å². The molecule has 0 aliphatic heterocycles. The molecular weight excluding hydrogens is 136 g/mol. The third-order valence-electron chi connectivity index (χ3n) is 2.42. The van der Waals surface area contributed by atoms with E-state index in [4.69, 9.17) is 5.84 Å². The van der Waals surface area contributed by atoms with Gasteiger partial charge in [0, 0.05) is 6.04 Å². The van der Waals surface area contributed by atoms with Crippen molar-refractivity contribution in [2.45, 2.75) is 52.5 Å². The minimum absolute atomic E-state index is 0.464. The van der Waals surface area contributed by atoms with Crippen LogP contribution in [-0.2, 0) is 0 Å². The Bertz CT molecular complexity index is 83.6. The van der Waals surface area contributed by atoms with Crippen molar-refractivity contribution < 1.29 is 0 Å². The van der Waals surface area contributed by atoms with Gasteiger partial charge in [-0.05, 0) is 19.3 Å². The highest BCUT2D eigenvalue weighted by Crippen LogP contribution is 2.15. The van der Waals surface area contributed by atoms with Crippen LogP contribution in [0.4, 0.5) is 0 Å². The molecule has 0 aromatic heterocycles. The van der Waals surface area contributed by atoms with Crippen LogP contribution in [0.25, 0.3) is 0 Å². The first-order valence-corrected chi connectivity index (χ1v) is 4.72. The van der Waals surface area contributed by atoms with E-state index in [9.17, 15) is 0 Å². The Morgan fingerprint density at radius 3 is 2.36 bits per heavy atom. The highest BCUT2D eigenvalue weighted by atomic mass is 15.2. The second kappa shape index (κ2) is 6.62. The molecule has 2 heteroatoms. The number of hydrazine groups is 1. The van der Waals surface area contributed by atoms with Crippen LogP contribution >= 0.6 is 0 Å². The fourth-order valence-electron chi connectivity index (χ4n) is 1.41. The van der Waals surface area contributed by atoms with E-state index in [-0.39, 0.29) is 0 Å². The summed E-state index contributed by atoms with van der Waals surface area (Å²) in [7, 11) is 0. The Morgan fingerprint density at radius 1 is 1.36 bits per heavy atom. The van der Waals surface area contributed by atoms with Gasteiger partial charge in [-0.1, -0.05) is 33.1 Å². The Hall–Kier alpha value is -0.0800. The summed E-state index contributed by atoms with van der Waals surface area (Å²) in [6.07, 6.45) is 5.14. The first-order chi connectivity index (χ1) is 5.26. The Morgan fingerprint density at radius 2 is 2.00 bits per heavy atom. The van der Waals surface area contributed by atoms with E-state index in [1.807, 2.05) is 0 Å². The van der Waals surface area contributed by atoms with E-state index in [0.717, 1.165) is 5.92 Å². The van der Waals surface area contributed by atoms with Crippen molar-refractivity contribution in [3.63, 3.8) is 0 Å². The van der Waals surface area contributed by atoms with Gasteiger partial charge in [0.05, 0.1) is 0 Å². The van der Waals surface area contributed by atoms with Gasteiger partial charge >= 0.3 is 0 Å². The van der Waals surface area contributed by atoms with E-state index >= 15 is 0 Å². The summed E-state index contributed by atoms with van der Waals surface area (Å²) < 4.78 is 0. The highest BCUT2D eigenvalue weighted by Gasteiger charge is 2.12. The molecule has 3 N–H and O–H groups in total. The van der Waals surface area contributed by atoms with Crippen molar-refractivity contribution >= 4 is 0 Å². The average Bonchev–Trinajstić information content (AvgIpc) is 2.05. The molecule has 2 unspecified atom stereocenters. The lowest BCUT2D eigenvalue weighted by atomic mass is 9.93. The average molecular weight is 158 g/mol. The number of hydrogen-bond acceptors (Lipinski definition) is 2. The molecule has 0 spiro atoms. The fourth-order valence-corrected chi connectivity index (χ4v) is 1.41. The van der Waals surface area contributed by atoms with Gasteiger partial charge in [0.25, 0.3) is 0 Å². The van der Waals surface area contributed by atoms with Gasteiger partial charge in [0.15, 0.2) is 0 Å². The van der Waals surface area contributed by atoms with Crippen LogP contribution < -0.4 is 11.3 Å². The number of hydrogen-bond donors (Lipinski definition) is 2. The number of unbranched alkanes of at least 4 members (excludes halogenated alkanes) is 1. The minimum atomic E-state index is 0.464. The van der Waals surface area contributed by atoms with Gasteiger partial charge < -0.3 is 0 Å². The Labute approximate surface area is 70.5 Å². The second-order valence-electron chi connectivity index (χ2n) is 3.27. The molecule has 0 saturated heterocycles. The van der Waals surface area contributed by atoms with E-state index in [2.05, 4.69) is 26.2 Å². The van der Waals surface area contributed by atoms with Crippen LogP contribution in [0.15, 0.2) is 0 Å². The summed E-state index contributed by atoms with van der Waals surface area (Å²) >= 11 is 0. The molecule has 0 aliphatic rings. The first-order valence-electron chi connectivity index (χ1n) is 4.72. The summed E-state index contributed by atoms with van der Waals surface area (Å²) in [5.74, 6) is 6.12. The lowest BCUT2D eigenvalue weighted by Crippen LogP contribution is -2.38. The molecule has 0 rings (SSSR count). The summed E-state index contributed by atoms with van der Waals surface area (Å²) in [4.78, 5) is 0. The molecule has 0 amide bonds. The standard InChI is InChI=1S/C9H22N2/c1-4-6-7-9(5-2)8(3)11-10/h8-9,11H,4-7,10H2,1-3H3. The molecule has 0 radical (unpaired) electrons. The SMILES string of the molecule is CCCCC(CC)C(C)NN. The number of nitrogens with one attached hydrogen (secondary N) is 1. The van der Waals surface area contributed by atoms with Crippen LogP contribution in [0.1, 0.15) is 46.5 Å². The first kappa shape index (κ1) is 10.9. The van der Waals surface area contributed by atoms with Gasteiger partial charge in [-0.2, -0.15) is 0 Å². The summed E-state index contributed by atoms with van der Waals surface area (Å²) in [6.45, 7) is 6.62. The zero-order valence-electron chi connectivity index (χ0n) is 8.06. The third kappa shape index (κ3) is 4.38. The van der Waals surface area contributed by atoms with E-state index < -0.39 is 0 Å². The largest absolute Gasteiger partial charge is 0.271 e. The van der Waals surface area contributed by atoms with Crippen molar-refractivity contribution in [2.24, 2.45) is 11.8 Å². The predicted octanol–water partition coefficient (Wildman–Crippen LogP) is 2.05. The maximum Gasteiger partial charge on any atom is 0.0210 e. The van der Waals surface area contributed by atoms with E-state index in [0.29, 0.717) is 6.04 Å². The molecule has 0 aliphatic carbocycles. The van der Waals surface area contributed by atoms with Gasteiger partial charge in [0.2, 0.25) is 0 Å². The van der Waals surface area contributed by atoms with E-state index in [1.54, 1.807) is 0 Å². The second-order valence-corrected chi connectivity index (χ2v) is 3.27. The fraction of sp³-hybridized carbons (Fsp3) is 1.00. The van der Waals surface area contributed by atoms with Crippen molar-refractivity contribution in [3.8, 4) is 0 Å². The maximum atomic E-state index is 5.37. The smallest absolute Gasteiger partial charge is 0.0210 e. The summed E-state index contributed by atoms with van der Waals surface area (Å²) in [5, 5.41) is 0. The Kier molecular flexibility index (Phi) is 6.57. The molecule has 0 heterocycles. The molecule has 0 aromatic rings. The van der Waals surface area contributed by atoms with Crippen molar-refractivity contribution in [1.82, 2.24) is 5.43 Å². The van der Waals surface area contributed by atoms with Crippen LogP contribution in [0.2, 0.25) is 0 Å². The lowest BCUT2D eigenvalue weighted by molar-refractivity contribution is 0.339. The molecule has 2 nitrogen and oxygen atoms in total. The highest BCUT2D eigenvalue weighted by molar-refractivity contribution is 4.68. The van der Waals surface area contributed by atoms with Crippen molar-refractivity contribution in [3.05, 3.63) is 0 Å². The maximum absolute atomic E-state index is 5.37. The summed E-state index contributed by atoms with van der Waals surface area (Å²) in [6, 6.07) is 0.464. The molecule has 11 heavy (non-hydrogen) atoms. The normalized spacial score (nSPS) is 16.4. The van der Waals surface area contributed by atoms with Crippen molar-refractivity contribution in [1.29, 1.82) is 0 Å². The molecule has 0 aromatic carbocycles. The zero-order chi connectivity index (χ0) is 8.69. The monoisotopic (exact) mass is 158 g/mol. The molecule has 0 bridgehead atoms. The third-order valence-corrected chi connectivity index (χ3v) is 2.42. The molecule has 0 saturated carbocycles. The number of rotatable bonds is 6.